The van der Waals surface area contributed by atoms with E-state index < -0.39 is 47.9 Å². The van der Waals surface area contributed by atoms with E-state index in [-0.39, 0.29) is 24.7 Å². The number of carboxylic acid groups (broad SMARTS) is 1. The SMILES string of the molecule is CC(C)C(N)C(=O)NC(C(=O)NC(CCCCN)C(=O)NC(CCCCN)C(=O)O)C(C)C. The van der Waals surface area contributed by atoms with Gasteiger partial charge in [0.05, 0.1) is 6.04 Å². The van der Waals surface area contributed by atoms with E-state index >= 15 is 0 Å². The smallest absolute Gasteiger partial charge is 0.326 e. The number of rotatable bonds is 17. The predicted octanol–water partition coefficient (Wildman–Crippen LogP) is -0.577. The van der Waals surface area contributed by atoms with Gasteiger partial charge in [-0.15, -0.1) is 0 Å². The van der Waals surface area contributed by atoms with Gasteiger partial charge in [0.25, 0.3) is 0 Å². The summed E-state index contributed by atoms with van der Waals surface area (Å²) >= 11 is 0. The molecule has 0 heterocycles. The highest BCUT2D eigenvalue weighted by Crippen LogP contribution is 2.09. The minimum Gasteiger partial charge on any atom is -0.480 e. The Morgan fingerprint density at radius 1 is 0.697 bits per heavy atom. The first kappa shape index (κ1) is 30.8. The molecule has 10 N–H and O–H groups in total. The van der Waals surface area contributed by atoms with Crippen LogP contribution in [0.15, 0.2) is 0 Å². The molecule has 11 nitrogen and oxygen atoms in total. The van der Waals surface area contributed by atoms with Crippen molar-refractivity contribution in [1.29, 1.82) is 0 Å². The van der Waals surface area contributed by atoms with Crippen LogP contribution in [0.4, 0.5) is 0 Å². The van der Waals surface area contributed by atoms with Gasteiger partial charge in [-0.3, -0.25) is 14.4 Å². The molecule has 0 aromatic rings. The third kappa shape index (κ3) is 12.0. The molecule has 0 aromatic carbocycles. The number of carbonyl (C=O) groups is 4. The summed E-state index contributed by atoms with van der Waals surface area (Å²) in [7, 11) is 0. The summed E-state index contributed by atoms with van der Waals surface area (Å²) < 4.78 is 0. The zero-order valence-electron chi connectivity index (χ0n) is 20.4. The van der Waals surface area contributed by atoms with Crippen LogP contribution in [-0.4, -0.2) is 66.1 Å². The lowest BCUT2D eigenvalue weighted by atomic mass is 9.99. The van der Waals surface area contributed by atoms with Gasteiger partial charge in [-0.2, -0.15) is 0 Å². The molecule has 3 amide bonds. The van der Waals surface area contributed by atoms with Gasteiger partial charge in [-0.25, -0.2) is 4.79 Å². The Morgan fingerprint density at radius 2 is 1.18 bits per heavy atom. The maximum Gasteiger partial charge on any atom is 0.326 e. The molecular formula is C22H44N6O5. The van der Waals surface area contributed by atoms with Crippen LogP contribution in [0.1, 0.15) is 66.2 Å². The summed E-state index contributed by atoms with van der Waals surface area (Å²) in [5.74, 6) is -3.09. The average molecular weight is 473 g/mol. The molecular weight excluding hydrogens is 428 g/mol. The van der Waals surface area contributed by atoms with Crippen LogP contribution in [0.3, 0.4) is 0 Å². The lowest BCUT2D eigenvalue weighted by Crippen LogP contribution is -2.58. The van der Waals surface area contributed by atoms with Gasteiger partial charge in [-0.05, 0) is 63.5 Å². The van der Waals surface area contributed by atoms with Crippen LogP contribution < -0.4 is 33.2 Å². The first-order valence-corrected chi connectivity index (χ1v) is 11.8. The van der Waals surface area contributed by atoms with E-state index in [4.69, 9.17) is 17.2 Å². The van der Waals surface area contributed by atoms with Gasteiger partial charge >= 0.3 is 5.97 Å². The highest BCUT2D eigenvalue weighted by Gasteiger charge is 2.31. The van der Waals surface area contributed by atoms with Crippen molar-refractivity contribution in [2.24, 2.45) is 29.0 Å². The largest absolute Gasteiger partial charge is 0.480 e. The van der Waals surface area contributed by atoms with Crippen LogP contribution in [0.2, 0.25) is 0 Å². The first-order valence-electron chi connectivity index (χ1n) is 11.8. The molecule has 192 valence electrons. The second-order valence-corrected chi connectivity index (χ2v) is 9.03. The summed E-state index contributed by atoms with van der Waals surface area (Å²) in [5, 5.41) is 17.3. The van der Waals surface area contributed by atoms with E-state index in [2.05, 4.69) is 16.0 Å². The standard InChI is InChI=1S/C22H44N6O5/c1-13(2)17(25)20(30)28-18(14(3)4)21(31)26-15(9-5-7-11-23)19(29)27-16(22(32)33)10-6-8-12-24/h13-18H,5-12,23-25H2,1-4H3,(H,26,31)(H,27,29)(H,28,30)(H,32,33). The predicted molar refractivity (Wildman–Crippen MR) is 127 cm³/mol. The van der Waals surface area contributed by atoms with Crippen LogP contribution >= 0.6 is 0 Å². The van der Waals surface area contributed by atoms with Crippen LogP contribution in [0.5, 0.6) is 0 Å². The molecule has 0 spiro atoms. The van der Waals surface area contributed by atoms with Gasteiger partial charge in [0, 0.05) is 0 Å². The van der Waals surface area contributed by atoms with Gasteiger partial charge in [0.15, 0.2) is 0 Å². The van der Waals surface area contributed by atoms with Crippen molar-refractivity contribution in [2.45, 2.75) is 90.4 Å². The Bertz CT molecular complexity index is 628. The minimum atomic E-state index is -1.15. The molecule has 11 heteroatoms. The van der Waals surface area contributed by atoms with Crippen molar-refractivity contribution in [3.05, 3.63) is 0 Å². The van der Waals surface area contributed by atoms with Gasteiger partial charge in [0.1, 0.15) is 18.1 Å². The maximum absolute atomic E-state index is 13.0. The number of carbonyl (C=O) groups excluding carboxylic acids is 3. The zero-order valence-corrected chi connectivity index (χ0v) is 20.4. The van der Waals surface area contributed by atoms with E-state index in [9.17, 15) is 24.3 Å². The Morgan fingerprint density at radius 3 is 1.61 bits per heavy atom. The molecule has 33 heavy (non-hydrogen) atoms. The lowest BCUT2D eigenvalue weighted by molar-refractivity contribution is -0.142. The molecule has 0 radical (unpaired) electrons. The van der Waals surface area contributed by atoms with Crippen molar-refractivity contribution < 1.29 is 24.3 Å². The fraction of sp³-hybridized carbons (Fsp3) is 0.818. The molecule has 0 rings (SSSR count). The van der Waals surface area contributed by atoms with Gasteiger partial charge in [-0.1, -0.05) is 27.7 Å². The molecule has 0 bridgehead atoms. The lowest BCUT2D eigenvalue weighted by Gasteiger charge is -2.27. The molecule has 0 saturated carbocycles. The Kier molecular flexibility index (Phi) is 15.3. The topological polar surface area (TPSA) is 203 Å². The Labute approximate surface area is 197 Å². The summed E-state index contributed by atoms with van der Waals surface area (Å²) in [6.07, 6.45) is 2.93. The highest BCUT2D eigenvalue weighted by atomic mass is 16.4. The summed E-state index contributed by atoms with van der Waals surface area (Å²) in [6, 6.07) is -3.71. The van der Waals surface area contributed by atoms with Crippen molar-refractivity contribution in [3.63, 3.8) is 0 Å². The van der Waals surface area contributed by atoms with E-state index in [1.165, 1.54) is 0 Å². The number of nitrogens with two attached hydrogens (primary N) is 3. The molecule has 0 aliphatic rings. The van der Waals surface area contributed by atoms with Crippen molar-refractivity contribution in [2.75, 3.05) is 13.1 Å². The Hall–Kier alpha value is -2.24. The number of carboxylic acids is 1. The maximum atomic E-state index is 13.0. The fourth-order valence-corrected chi connectivity index (χ4v) is 3.13. The second-order valence-electron chi connectivity index (χ2n) is 9.03. The zero-order chi connectivity index (χ0) is 25.6. The quantitative estimate of drug-likeness (QED) is 0.136. The molecule has 4 unspecified atom stereocenters. The minimum absolute atomic E-state index is 0.108. The van der Waals surface area contributed by atoms with E-state index in [0.29, 0.717) is 38.8 Å². The molecule has 0 aliphatic carbocycles. The van der Waals surface area contributed by atoms with Gasteiger partial charge in [0.2, 0.25) is 17.7 Å². The van der Waals surface area contributed by atoms with E-state index in [1.54, 1.807) is 27.7 Å². The highest BCUT2D eigenvalue weighted by molar-refractivity contribution is 5.94. The molecule has 0 saturated heterocycles. The normalized spacial score (nSPS) is 14.9. The van der Waals surface area contributed by atoms with Crippen molar-refractivity contribution in [1.82, 2.24) is 16.0 Å². The summed E-state index contributed by atoms with van der Waals surface area (Å²) in [5.41, 5.74) is 16.9. The Balaban J connectivity index is 5.40. The molecule has 0 fully saturated rings. The number of nitrogens with one attached hydrogen (secondary N) is 3. The van der Waals surface area contributed by atoms with E-state index in [1.807, 2.05) is 0 Å². The number of aliphatic carboxylic acids is 1. The molecule has 4 atom stereocenters. The number of hydrogen-bond acceptors (Lipinski definition) is 7. The summed E-state index contributed by atoms with van der Waals surface area (Å²) in [4.78, 5) is 49.8. The summed E-state index contributed by atoms with van der Waals surface area (Å²) in [6.45, 7) is 8.01. The number of hydrogen-bond donors (Lipinski definition) is 7. The third-order valence-electron chi connectivity index (χ3n) is 5.41. The first-order chi connectivity index (χ1) is 15.5. The van der Waals surface area contributed by atoms with Crippen molar-refractivity contribution in [3.8, 4) is 0 Å². The number of unbranched alkanes of at least 4 members (excludes halogenated alkanes) is 2. The second kappa shape index (κ2) is 16.4. The van der Waals surface area contributed by atoms with Crippen LogP contribution in [0.25, 0.3) is 0 Å². The van der Waals surface area contributed by atoms with Crippen molar-refractivity contribution >= 4 is 23.7 Å². The third-order valence-corrected chi connectivity index (χ3v) is 5.41. The van der Waals surface area contributed by atoms with Crippen LogP contribution in [0, 0.1) is 11.8 Å². The number of amides is 3. The molecule has 0 aliphatic heterocycles. The fourth-order valence-electron chi connectivity index (χ4n) is 3.13. The monoisotopic (exact) mass is 472 g/mol. The average Bonchev–Trinajstić information content (AvgIpc) is 2.74. The van der Waals surface area contributed by atoms with Crippen LogP contribution in [-0.2, 0) is 19.2 Å². The molecule has 0 aromatic heterocycles. The van der Waals surface area contributed by atoms with E-state index in [0.717, 1.165) is 0 Å². The van der Waals surface area contributed by atoms with Gasteiger partial charge < -0.3 is 38.3 Å².